The standard InChI is InChI=1S/C17H16F3N3O4.C17H14F3N3O4/c2*18-17(19,20)27-13-8-6-12(7-9-13)22-23-16(26)21-14(15(24)25)10-11-4-2-1-3-5-11/h1-9,14,22H,10H2,(H,24,25)(H2,21,23,26);1-9,14H,10H2,(H,21,26)(H,24,25). The molecule has 286 valence electrons. The first-order chi connectivity index (χ1) is 25.5. The number of ether oxygens (including phenoxy) is 2. The maximum absolute atomic E-state index is 12.1. The van der Waals surface area contributed by atoms with E-state index in [1.165, 1.54) is 12.1 Å². The van der Waals surface area contributed by atoms with Crippen LogP contribution in [0.2, 0.25) is 0 Å². The van der Waals surface area contributed by atoms with E-state index in [9.17, 15) is 55.7 Å². The number of azo groups is 1. The zero-order valence-electron chi connectivity index (χ0n) is 27.5. The molecule has 0 radical (unpaired) electrons. The fraction of sp³-hybridized carbons (Fsp3) is 0.176. The molecule has 6 N–H and O–H groups in total. The Morgan fingerprint density at radius 2 is 1.04 bits per heavy atom. The Kier molecular flexibility index (Phi) is 15.1. The van der Waals surface area contributed by atoms with E-state index in [0.29, 0.717) is 5.56 Å². The summed E-state index contributed by atoms with van der Waals surface area (Å²) in [5.74, 6) is -3.30. The second kappa shape index (κ2) is 19.7. The summed E-state index contributed by atoms with van der Waals surface area (Å²) in [5.41, 5.74) is 6.47. The number of hydrazine groups is 1. The zero-order valence-corrected chi connectivity index (χ0v) is 27.5. The number of amides is 4. The molecule has 0 aromatic heterocycles. The highest BCUT2D eigenvalue weighted by Gasteiger charge is 2.31. The van der Waals surface area contributed by atoms with Gasteiger partial charge in [0, 0.05) is 12.8 Å². The van der Waals surface area contributed by atoms with Crippen molar-refractivity contribution in [1.29, 1.82) is 0 Å². The molecule has 0 bridgehead atoms. The average molecular weight is 765 g/mol. The van der Waals surface area contributed by atoms with E-state index in [1.807, 2.05) is 0 Å². The number of nitrogens with zero attached hydrogens (tertiary/aromatic N) is 2. The molecule has 2 unspecified atom stereocenters. The number of hydrogen-bond donors (Lipinski definition) is 6. The Balaban J connectivity index is 0.000000290. The number of halogens is 6. The van der Waals surface area contributed by atoms with Crippen LogP contribution in [0.15, 0.2) is 119 Å². The molecule has 4 aromatic rings. The van der Waals surface area contributed by atoms with Crippen molar-refractivity contribution in [1.82, 2.24) is 16.1 Å². The van der Waals surface area contributed by atoms with Crippen LogP contribution in [0.4, 0.5) is 47.3 Å². The molecule has 0 saturated carbocycles. The highest BCUT2D eigenvalue weighted by Crippen LogP contribution is 2.25. The highest BCUT2D eigenvalue weighted by molar-refractivity contribution is 5.84. The monoisotopic (exact) mass is 764 g/mol. The lowest BCUT2D eigenvalue weighted by molar-refractivity contribution is -0.275. The third-order valence-corrected chi connectivity index (χ3v) is 6.50. The van der Waals surface area contributed by atoms with E-state index < -0.39 is 60.3 Å². The topological polar surface area (TPSA) is 200 Å². The van der Waals surface area contributed by atoms with Crippen LogP contribution in [0, 0.1) is 0 Å². The molecule has 20 heteroatoms. The van der Waals surface area contributed by atoms with E-state index in [2.05, 4.69) is 41.2 Å². The molecule has 4 rings (SSSR count). The molecular formula is C34H30F6N6O8. The van der Waals surface area contributed by atoms with E-state index in [1.54, 1.807) is 60.7 Å². The third-order valence-electron chi connectivity index (χ3n) is 6.50. The lowest BCUT2D eigenvalue weighted by Crippen LogP contribution is -2.48. The van der Waals surface area contributed by atoms with Gasteiger partial charge in [-0.05, 0) is 59.7 Å². The van der Waals surface area contributed by atoms with E-state index in [-0.39, 0.29) is 24.2 Å². The maximum atomic E-state index is 12.1. The van der Waals surface area contributed by atoms with Crippen molar-refractivity contribution in [3.8, 4) is 11.5 Å². The summed E-state index contributed by atoms with van der Waals surface area (Å²) in [5, 5.41) is 29.8. The fourth-order valence-electron chi connectivity index (χ4n) is 4.16. The number of carbonyl (C=O) groups excluding carboxylic acids is 2. The molecule has 14 nitrogen and oxygen atoms in total. The predicted octanol–water partition coefficient (Wildman–Crippen LogP) is 6.98. The fourth-order valence-corrected chi connectivity index (χ4v) is 4.16. The molecule has 0 spiro atoms. The summed E-state index contributed by atoms with van der Waals surface area (Å²) in [6.45, 7) is 0. The molecule has 0 aliphatic carbocycles. The smallest absolute Gasteiger partial charge is 0.480 e. The Labute approximate surface area is 301 Å². The first-order valence-electron chi connectivity index (χ1n) is 15.3. The highest BCUT2D eigenvalue weighted by atomic mass is 19.4. The van der Waals surface area contributed by atoms with Crippen LogP contribution >= 0.6 is 0 Å². The van der Waals surface area contributed by atoms with Crippen molar-refractivity contribution in [2.45, 2.75) is 37.7 Å². The van der Waals surface area contributed by atoms with Gasteiger partial charge in [0.2, 0.25) is 0 Å². The van der Waals surface area contributed by atoms with Crippen molar-refractivity contribution in [2.75, 3.05) is 5.43 Å². The molecular weight excluding hydrogens is 734 g/mol. The average Bonchev–Trinajstić information content (AvgIpc) is 3.10. The minimum atomic E-state index is -4.81. The summed E-state index contributed by atoms with van der Waals surface area (Å²) < 4.78 is 79.9. The van der Waals surface area contributed by atoms with Gasteiger partial charge in [-0.15, -0.1) is 31.5 Å². The second-order valence-electron chi connectivity index (χ2n) is 10.6. The summed E-state index contributed by atoms with van der Waals surface area (Å²) in [4.78, 5) is 46.2. The number of alkyl halides is 6. The zero-order chi connectivity index (χ0) is 39.7. The van der Waals surface area contributed by atoms with Crippen molar-refractivity contribution in [3.05, 3.63) is 120 Å². The van der Waals surface area contributed by atoms with E-state index >= 15 is 0 Å². The van der Waals surface area contributed by atoms with Crippen LogP contribution in [0.1, 0.15) is 11.1 Å². The predicted molar refractivity (Wildman–Crippen MR) is 178 cm³/mol. The summed E-state index contributed by atoms with van der Waals surface area (Å²) in [6, 6.07) is 22.2. The first-order valence-corrected chi connectivity index (χ1v) is 15.3. The maximum Gasteiger partial charge on any atom is 0.573 e. The first kappa shape index (κ1) is 41.6. The van der Waals surface area contributed by atoms with Crippen LogP contribution in [-0.2, 0) is 22.4 Å². The molecule has 0 aliphatic heterocycles. The van der Waals surface area contributed by atoms with Gasteiger partial charge in [0.1, 0.15) is 23.6 Å². The minimum Gasteiger partial charge on any atom is -0.480 e. The van der Waals surface area contributed by atoms with E-state index in [4.69, 9.17) is 0 Å². The van der Waals surface area contributed by atoms with Gasteiger partial charge in [-0.3, -0.25) is 10.9 Å². The van der Waals surface area contributed by atoms with Crippen molar-refractivity contribution < 1.29 is 65.2 Å². The number of urea groups is 2. The lowest BCUT2D eigenvalue weighted by Gasteiger charge is -2.16. The van der Waals surface area contributed by atoms with Gasteiger partial charge in [0.25, 0.3) is 0 Å². The molecule has 0 fully saturated rings. The number of benzene rings is 4. The van der Waals surface area contributed by atoms with Gasteiger partial charge in [-0.2, -0.15) is 0 Å². The number of aliphatic carboxylic acids is 2. The van der Waals surface area contributed by atoms with Crippen molar-refractivity contribution in [3.63, 3.8) is 0 Å². The van der Waals surface area contributed by atoms with Gasteiger partial charge in [0.15, 0.2) is 0 Å². The molecule has 0 saturated heterocycles. The number of carboxylic acids is 2. The number of nitrogens with one attached hydrogen (secondary N) is 4. The minimum absolute atomic E-state index is 0.0565. The molecule has 54 heavy (non-hydrogen) atoms. The van der Waals surface area contributed by atoms with E-state index in [0.717, 1.165) is 42.0 Å². The normalized spacial score (nSPS) is 12.3. The molecule has 4 aromatic carbocycles. The van der Waals surface area contributed by atoms with Gasteiger partial charge >= 0.3 is 36.7 Å². The number of hydrogen-bond acceptors (Lipinski definition) is 8. The molecule has 0 heterocycles. The van der Waals surface area contributed by atoms with Crippen LogP contribution in [0.25, 0.3) is 0 Å². The van der Waals surface area contributed by atoms with Crippen LogP contribution in [0.5, 0.6) is 11.5 Å². The third kappa shape index (κ3) is 16.4. The Hall–Kier alpha value is -6.86. The quantitative estimate of drug-likeness (QED) is 0.0472. The number of carboxylic acid groups (broad SMARTS) is 2. The van der Waals surface area contributed by atoms with Gasteiger partial charge < -0.3 is 30.3 Å². The second-order valence-corrected chi connectivity index (χ2v) is 10.6. The van der Waals surface area contributed by atoms with Gasteiger partial charge in [0.05, 0.1) is 11.4 Å². The number of anilines is 1. The summed E-state index contributed by atoms with van der Waals surface area (Å²) >= 11 is 0. The molecule has 0 aliphatic rings. The Bertz CT molecular complexity index is 1850. The lowest BCUT2D eigenvalue weighted by atomic mass is 10.1. The Morgan fingerprint density at radius 1 is 0.611 bits per heavy atom. The summed E-state index contributed by atoms with van der Waals surface area (Å²) in [7, 11) is 0. The largest absolute Gasteiger partial charge is 0.573 e. The van der Waals surface area contributed by atoms with Gasteiger partial charge in [-0.1, -0.05) is 65.8 Å². The Morgan fingerprint density at radius 3 is 1.46 bits per heavy atom. The molecule has 4 amide bonds. The number of carbonyl (C=O) groups is 4. The SMILES string of the molecule is O=C(N=Nc1ccc(OC(F)(F)F)cc1)NC(Cc1ccccc1)C(=O)O.O=C(NNc1ccc(OC(F)(F)F)cc1)NC(Cc1ccccc1)C(=O)O. The van der Waals surface area contributed by atoms with Crippen LogP contribution in [-0.4, -0.2) is 59.0 Å². The van der Waals surface area contributed by atoms with Crippen LogP contribution in [0.3, 0.4) is 0 Å². The van der Waals surface area contributed by atoms with Crippen molar-refractivity contribution in [2.24, 2.45) is 10.2 Å². The number of rotatable bonds is 13. The summed E-state index contributed by atoms with van der Waals surface area (Å²) in [6.07, 6.45) is -9.46. The van der Waals surface area contributed by atoms with Gasteiger partial charge in [-0.25, -0.2) is 19.2 Å². The van der Waals surface area contributed by atoms with Crippen LogP contribution < -0.4 is 31.0 Å². The molecule has 2 atom stereocenters. The van der Waals surface area contributed by atoms with Crippen molar-refractivity contribution >= 4 is 35.4 Å².